The van der Waals surface area contributed by atoms with E-state index in [1.165, 1.54) is 32.3 Å². The molecule has 0 unspecified atom stereocenters. The molecule has 0 saturated carbocycles. The van der Waals surface area contributed by atoms with Crippen LogP contribution in [0.4, 0.5) is 0 Å². The maximum Gasteiger partial charge on any atom is 0.164 e. The van der Waals surface area contributed by atoms with Gasteiger partial charge in [0.05, 0.1) is 22.1 Å². The van der Waals surface area contributed by atoms with Gasteiger partial charge in [-0.15, -0.1) is 0 Å². The molecule has 5 nitrogen and oxygen atoms in total. The fourth-order valence-corrected chi connectivity index (χ4v) is 8.53. The highest BCUT2D eigenvalue weighted by Crippen LogP contribution is 2.43. The normalized spacial score (nSPS) is 11.9. The highest BCUT2D eigenvalue weighted by atomic mass is 16.3. The predicted molar refractivity (Wildman–Crippen MR) is 230 cm³/mol. The maximum absolute atomic E-state index is 6.71. The summed E-state index contributed by atoms with van der Waals surface area (Å²) in [7, 11) is 0. The predicted octanol–water partition coefficient (Wildman–Crippen LogP) is 13.3. The third kappa shape index (κ3) is 4.71. The van der Waals surface area contributed by atoms with E-state index in [0.717, 1.165) is 66.1 Å². The molecule has 0 aliphatic rings. The minimum absolute atomic E-state index is 0.616. The lowest BCUT2D eigenvalue weighted by Crippen LogP contribution is -2.00. The average molecular weight is 715 g/mol. The molecule has 0 fully saturated rings. The first-order chi connectivity index (χ1) is 27.7. The Morgan fingerprint density at radius 2 is 0.839 bits per heavy atom. The molecule has 12 aromatic rings. The summed E-state index contributed by atoms with van der Waals surface area (Å²) in [6.07, 6.45) is 0. The molecule has 0 aliphatic heterocycles. The van der Waals surface area contributed by atoms with E-state index < -0.39 is 0 Å². The molecule has 3 aromatic heterocycles. The van der Waals surface area contributed by atoms with Gasteiger partial charge in [-0.1, -0.05) is 133 Å². The Morgan fingerprint density at radius 1 is 0.339 bits per heavy atom. The summed E-state index contributed by atoms with van der Waals surface area (Å²) in [4.78, 5) is 15.1. The lowest BCUT2D eigenvalue weighted by atomic mass is 10.00. The van der Waals surface area contributed by atoms with Crippen LogP contribution in [0.15, 0.2) is 186 Å². The molecule has 260 valence electrons. The number of rotatable bonds is 4. The average Bonchev–Trinajstić information content (AvgIpc) is 3.80. The zero-order valence-corrected chi connectivity index (χ0v) is 30.0. The second-order valence-corrected chi connectivity index (χ2v) is 14.4. The molecule has 56 heavy (non-hydrogen) atoms. The smallest absolute Gasteiger partial charge is 0.164 e. The van der Waals surface area contributed by atoms with Crippen LogP contribution in [0.3, 0.4) is 0 Å². The Morgan fingerprint density at radius 3 is 1.43 bits per heavy atom. The minimum atomic E-state index is 0.616. The fraction of sp³-hybridized carbons (Fsp3) is 0. The molecule has 0 atom stereocenters. The van der Waals surface area contributed by atoms with Gasteiger partial charge in [-0.3, -0.25) is 0 Å². The number of aromatic nitrogens is 4. The van der Waals surface area contributed by atoms with Crippen molar-refractivity contribution in [2.75, 3.05) is 0 Å². The van der Waals surface area contributed by atoms with Gasteiger partial charge in [-0.25, -0.2) is 15.0 Å². The fourth-order valence-electron chi connectivity index (χ4n) is 8.53. The molecule has 0 saturated heterocycles. The lowest BCUT2D eigenvalue weighted by molar-refractivity contribution is 0.669. The van der Waals surface area contributed by atoms with Crippen molar-refractivity contribution >= 4 is 76.1 Å². The Kier molecular flexibility index (Phi) is 6.56. The van der Waals surface area contributed by atoms with E-state index >= 15 is 0 Å². The Bertz CT molecular complexity index is 3380. The third-order valence-electron chi connectivity index (χ3n) is 11.2. The maximum atomic E-state index is 6.71. The second kappa shape index (κ2) is 11.9. The van der Waals surface area contributed by atoms with Crippen molar-refractivity contribution in [1.29, 1.82) is 0 Å². The molecule has 5 heteroatoms. The Labute approximate surface area is 320 Å². The van der Waals surface area contributed by atoms with Crippen molar-refractivity contribution in [2.45, 2.75) is 0 Å². The van der Waals surface area contributed by atoms with E-state index in [-0.39, 0.29) is 0 Å². The summed E-state index contributed by atoms with van der Waals surface area (Å²) in [5.41, 5.74) is 7.84. The van der Waals surface area contributed by atoms with E-state index in [4.69, 9.17) is 19.4 Å². The van der Waals surface area contributed by atoms with Gasteiger partial charge in [-0.2, -0.15) is 0 Å². The van der Waals surface area contributed by atoms with E-state index in [9.17, 15) is 0 Å². The standard InChI is InChI=1S/C51H30N4O/c1-3-12-32(13-4-1)49-52-50(33-14-5-2-6-15-33)54-51(53-49)38-23-22-31-24-25-46-47(39(31)28-38)48-42(20-11-21-45(48)56-46)55-43-29-36-18-9-7-16-34(36)26-40(43)41-27-35-17-8-10-19-37(35)30-44(41)55/h1-30H. The summed E-state index contributed by atoms with van der Waals surface area (Å²) in [5, 5.41) is 11.6. The highest BCUT2D eigenvalue weighted by Gasteiger charge is 2.21. The first-order valence-electron chi connectivity index (χ1n) is 18.8. The van der Waals surface area contributed by atoms with Gasteiger partial charge in [0, 0.05) is 32.8 Å². The van der Waals surface area contributed by atoms with Gasteiger partial charge in [-0.05, 0) is 80.8 Å². The summed E-state index contributed by atoms with van der Waals surface area (Å²) in [5.74, 6) is 1.89. The van der Waals surface area contributed by atoms with Crippen LogP contribution in [-0.4, -0.2) is 19.5 Å². The summed E-state index contributed by atoms with van der Waals surface area (Å²) in [6.45, 7) is 0. The van der Waals surface area contributed by atoms with Gasteiger partial charge in [0.15, 0.2) is 17.5 Å². The molecule has 0 bridgehead atoms. The van der Waals surface area contributed by atoms with Gasteiger partial charge < -0.3 is 8.98 Å². The summed E-state index contributed by atoms with van der Waals surface area (Å²) in [6, 6.07) is 64.0. The largest absolute Gasteiger partial charge is 0.456 e. The first kappa shape index (κ1) is 30.8. The molecule has 9 aromatic carbocycles. The van der Waals surface area contributed by atoms with Crippen molar-refractivity contribution in [3.05, 3.63) is 182 Å². The van der Waals surface area contributed by atoms with Crippen molar-refractivity contribution in [3.63, 3.8) is 0 Å². The minimum Gasteiger partial charge on any atom is -0.456 e. The number of furan rings is 1. The molecule has 0 aliphatic carbocycles. The molecule has 3 heterocycles. The van der Waals surface area contributed by atoms with E-state index in [1.807, 2.05) is 60.7 Å². The number of nitrogens with zero attached hydrogens (tertiary/aromatic N) is 4. The molecule has 0 N–H and O–H groups in total. The van der Waals surface area contributed by atoms with Crippen LogP contribution in [0.25, 0.3) is 116 Å². The van der Waals surface area contributed by atoms with E-state index in [1.54, 1.807) is 0 Å². The van der Waals surface area contributed by atoms with E-state index in [0.29, 0.717) is 17.5 Å². The summed E-state index contributed by atoms with van der Waals surface area (Å²) >= 11 is 0. The Balaban J connectivity index is 1.15. The number of hydrogen-bond donors (Lipinski definition) is 0. The monoisotopic (exact) mass is 714 g/mol. The van der Waals surface area contributed by atoms with Crippen LogP contribution < -0.4 is 0 Å². The van der Waals surface area contributed by atoms with Gasteiger partial charge in [0.1, 0.15) is 11.2 Å². The molecular weight excluding hydrogens is 685 g/mol. The van der Waals surface area contributed by atoms with Crippen LogP contribution in [0.2, 0.25) is 0 Å². The van der Waals surface area contributed by atoms with Crippen LogP contribution in [-0.2, 0) is 0 Å². The van der Waals surface area contributed by atoms with Crippen molar-refractivity contribution in [1.82, 2.24) is 19.5 Å². The number of benzene rings is 9. The number of fused-ring (bicyclic) bond motifs is 10. The first-order valence-corrected chi connectivity index (χ1v) is 18.8. The van der Waals surface area contributed by atoms with Crippen molar-refractivity contribution in [3.8, 4) is 39.9 Å². The highest BCUT2D eigenvalue weighted by molar-refractivity contribution is 6.23. The molecule has 0 amide bonds. The van der Waals surface area contributed by atoms with Gasteiger partial charge >= 0.3 is 0 Å². The Hall–Kier alpha value is -7.63. The van der Waals surface area contributed by atoms with Crippen LogP contribution >= 0.6 is 0 Å². The van der Waals surface area contributed by atoms with E-state index in [2.05, 4.69) is 126 Å². The SMILES string of the molecule is c1ccc(-c2nc(-c3ccccc3)nc(-c3ccc4ccc5oc6cccc(-n7c8cc9ccccc9cc8c8cc9ccccc9cc87)c6c5c4c3)n2)cc1. The van der Waals surface area contributed by atoms with Crippen LogP contribution in [0.5, 0.6) is 0 Å². The third-order valence-corrected chi connectivity index (χ3v) is 11.2. The quantitative estimate of drug-likeness (QED) is 0.182. The molecule has 12 rings (SSSR count). The van der Waals surface area contributed by atoms with Gasteiger partial charge in [0.25, 0.3) is 0 Å². The second-order valence-electron chi connectivity index (χ2n) is 14.4. The zero-order chi connectivity index (χ0) is 36.7. The van der Waals surface area contributed by atoms with Crippen molar-refractivity contribution < 1.29 is 4.42 Å². The van der Waals surface area contributed by atoms with Crippen LogP contribution in [0, 0.1) is 0 Å². The number of hydrogen-bond acceptors (Lipinski definition) is 4. The topological polar surface area (TPSA) is 56.7 Å². The zero-order valence-electron chi connectivity index (χ0n) is 30.0. The molecular formula is C51H30N4O. The lowest BCUT2D eigenvalue weighted by Gasteiger charge is -2.12. The van der Waals surface area contributed by atoms with Crippen molar-refractivity contribution in [2.24, 2.45) is 0 Å². The molecule has 0 radical (unpaired) electrons. The molecule has 0 spiro atoms. The van der Waals surface area contributed by atoms with Gasteiger partial charge in [0.2, 0.25) is 0 Å². The van der Waals surface area contributed by atoms with Crippen LogP contribution in [0.1, 0.15) is 0 Å². The summed E-state index contributed by atoms with van der Waals surface area (Å²) < 4.78 is 9.15.